The number of rotatable bonds is 6. The molecular weight excluding hydrogens is 420 g/mol. The van der Waals surface area contributed by atoms with Crippen LogP contribution in [0.25, 0.3) is 0 Å². The Balaban J connectivity index is 1.36. The lowest BCUT2D eigenvalue weighted by Gasteiger charge is -2.28. The third-order valence-corrected chi connectivity index (χ3v) is 8.31. The highest BCUT2D eigenvalue weighted by Crippen LogP contribution is 2.26. The number of amides is 1. The van der Waals surface area contributed by atoms with Crippen LogP contribution in [0, 0.1) is 0 Å². The monoisotopic (exact) mass is 442 g/mol. The highest BCUT2D eigenvalue weighted by atomic mass is 32.2. The van der Waals surface area contributed by atoms with Crippen LogP contribution in [0.5, 0.6) is 5.75 Å². The Hall–Kier alpha value is -2.84. The largest absolute Gasteiger partial charge is 0.484 e. The van der Waals surface area contributed by atoms with Crippen molar-refractivity contribution >= 4 is 33.0 Å². The molecule has 156 valence electrons. The summed E-state index contributed by atoms with van der Waals surface area (Å²) in [5.41, 5.74) is 2.99. The number of nitrogens with zero attached hydrogens (tertiary/aromatic N) is 2. The van der Waals surface area contributed by atoms with E-state index in [0.29, 0.717) is 28.7 Å². The lowest BCUT2D eigenvalue weighted by Crippen LogP contribution is -2.38. The number of ether oxygens (including phenoxy) is 1. The van der Waals surface area contributed by atoms with Gasteiger partial charge in [-0.25, -0.2) is 8.42 Å². The van der Waals surface area contributed by atoms with Crippen LogP contribution in [0.3, 0.4) is 0 Å². The zero-order chi connectivity index (χ0) is 21.1. The fourth-order valence-corrected chi connectivity index (χ4v) is 5.74. The van der Waals surface area contributed by atoms with Crippen LogP contribution in [-0.4, -0.2) is 39.4 Å². The summed E-state index contributed by atoms with van der Waals surface area (Å²) in [5, 5.41) is 1.73. The summed E-state index contributed by atoms with van der Waals surface area (Å²) in [6, 6.07) is 18.1. The number of hydrogen-bond acceptors (Lipinski definition) is 5. The predicted molar refractivity (Wildman–Crippen MR) is 117 cm³/mol. The standard InChI is InChI=1S/C22H22N2O4S2/c1-23(30(26,27)22-7-4-14-29-22)19-8-10-20(11-9-19)28-16-21(25)24-13-12-17-5-2-3-6-18(17)15-24/h2-11,14H,12-13,15-16H2,1H3. The number of carbonyl (C=O) groups excluding carboxylic acids is 1. The van der Waals surface area contributed by atoms with Gasteiger partial charge in [0.2, 0.25) is 0 Å². The molecule has 0 radical (unpaired) electrons. The molecule has 0 atom stereocenters. The highest BCUT2D eigenvalue weighted by molar-refractivity contribution is 7.94. The van der Waals surface area contributed by atoms with Crippen LogP contribution in [0.4, 0.5) is 5.69 Å². The maximum atomic E-state index is 12.6. The molecule has 3 aromatic rings. The van der Waals surface area contributed by atoms with Crippen molar-refractivity contribution in [2.24, 2.45) is 0 Å². The van der Waals surface area contributed by atoms with E-state index < -0.39 is 10.0 Å². The topological polar surface area (TPSA) is 66.9 Å². The van der Waals surface area contributed by atoms with Crippen LogP contribution >= 0.6 is 11.3 Å². The Kier molecular flexibility index (Phi) is 5.78. The maximum absolute atomic E-state index is 12.6. The van der Waals surface area contributed by atoms with E-state index in [4.69, 9.17) is 4.74 Å². The molecular formula is C22H22N2O4S2. The smallest absolute Gasteiger partial charge is 0.273 e. The molecule has 0 bridgehead atoms. The first-order chi connectivity index (χ1) is 14.4. The number of anilines is 1. The fraction of sp³-hybridized carbons (Fsp3) is 0.227. The van der Waals surface area contributed by atoms with Crippen molar-refractivity contribution in [3.05, 3.63) is 77.2 Å². The second kappa shape index (κ2) is 8.49. The number of sulfonamides is 1. The third-order valence-electron chi connectivity index (χ3n) is 5.16. The van der Waals surface area contributed by atoms with Crippen molar-refractivity contribution in [3.8, 4) is 5.75 Å². The summed E-state index contributed by atoms with van der Waals surface area (Å²) in [5.74, 6) is 0.456. The van der Waals surface area contributed by atoms with Gasteiger partial charge in [0.15, 0.2) is 6.61 Å². The fourth-order valence-electron chi connectivity index (χ4n) is 3.38. The van der Waals surface area contributed by atoms with Gasteiger partial charge in [-0.2, -0.15) is 0 Å². The van der Waals surface area contributed by atoms with E-state index in [-0.39, 0.29) is 12.5 Å². The molecule has 0 spiro atoms. The Morgan fingerprint density at radius 2 is 1.80 bits per heavy atom. The van der Waals surface area contributed by atoms with Crippen molar-refractivity contribution in [3.63, 3.8) is 0 Å². The van der Waals surface area contributed by atoms with E-state index in [2.05, 4.69) is 12.1 Å². The van der Waals surface area contributed by atoms with Gasteiger partial charge in [-0.3, -0.25) is 9.10 Å². The van der Waals surface area contributed by atoms with E-state index >= 15 is 0 Å². The summed E-state index contributed by atoms with van der Waals surface area (Å²) >= 11 is 1.18. The SMILES string of the molecule is CN(c1ccc(OCC(=O)N2CCc3ccccc3C2)cc1)S(=O)(=O)c1cccs1. The first kappa shape index (κ1) is 20.4. The number of benzene rings is 2. The molecule has 0 N–H and O–H groups in total. The first-order valence-electron chi connectivity index (χ1n) is 9.55. The molecule has 0 saturated heterocycles. The second-order valence-electron chi connectivity index (χ2n) is 7.02. The molecule has 2 heterocycles. The van der Waals surface area contributed by atoms with Crippen LogP contribution in [-0.2, 0) is 27.8 Å². The summed E-state index contributed by atoms with van der Waals surface area (Å²) in [7, 11) is -2.06. The van der Waals surface area contributed by atoms with E-state index in [1.54, 1.807) is 46.7 Å². The van der Waals surface area contributed by atoms with Gasteiger partial charge < -0.3 is 9.64 Å². The molecule has 1 aliphatic heterocycles. The average Bonchev–Trinajstić information content (AvgIpc) is 3.33. The van der Waals surface area contributed by atoms with E-state index in [1.807, 2.05) is 12.1 Å². The summed E-state index contributed by atoms with van der Waals surface area (Å²) in [6.07, 6.45) is 0.849. The first-order valence-corrected chi connectivity index (χ1v) is 11.9. The molecule has 1 aromatic heterocycles. The summed E-state index contributed by atoms with van der Waals surface area (Å²) < 4.78 is 32.4. The molecule has 6 nitrogen and oxygen atoms in total. The Morgan fingerprint density at radius 3 is 2.50 bits per heavy atom. The normalized spacial score (nSPS) is 13.6. The molecule has 8 heteroatoms. The molecule has 1 aliphatic rings. The number of thiophene rings is 1. The van der Waals surface area contributed by atoms with Crippen molar-refractivity contribution in [2.75, 3.05) is 24.5 Å². The average molecular weight is 443 g/mol. The molecule has 2 aromatic carbocycles. The van der Waals surface area contributed by atoms with Gasteiger partial charge >= 0.3 is 0 Å². The number of fused-ring (bicyclic) bond motifs is 1. The quantitative estimate of drug-likeness (QED) is 0.586. The summed E-state index contributed by atoms with van der Waals surface area (Å²) in [6.45, 7) is 1.23. The van der Waals surface area contributed by atoms with E-state index in [1.165, 1.54) is 33.8 Å². The Labute approximate surface area is 180 Å². The molecule has 30 heavy (non-hydrogen) atoms. The summed E-state index contributed by atoms with van der Waals surface area (Å²) in [4.78, 5) is 14.3. The van der Waals surface area contributed by atoms with Gasteiger partial charge in [0.1, 0.15) is 9.96 Å². The van der Waals surface area contributed by atoms with Gasteiger partial charge in [0.25, 0.3) is 15.9 Å². The second-order valence-corrected chi connectivity index (χ2v) is 10.2. The zero-order valence-corrected chi connectivity index (χ0v) is 18.2. The molecule has 0 saturated carbocycles. The van der Waals surface area contributed by atoms with Gasteiger partial charge in [-0.05, 0) is 53.3 Å². The highest BCUT2D eigenvalue weighted by Gasteiger charge is 2.23. The molecule has 4 rings (SSSR count). The van der Waals surface area contributed by atoms with Gasteiger partial charge in [0.05, 0.1) is 5.69 Å². The zero-order valence-electron chi connectivity index (χ0n) is 16.5. The van der Waals surface area contributed by atoms with Gasteiger partial charge in [0, 0.05) is 20.1 Å². The Morgan fingerprint density at radius 1 is 1.07 bits per heavy atom. The van der Waals surface area contributed by atoms with Crippen LogP contribution in [0.15, 0.2) is 70.3 Å². The van der Waals surface area contributed by atoms with Crippen LogP contribution < -0.4 is 9.04 Å². The molecule has 0 fully saturated rings. The number of carbonyl (C=O) groups is 1. The predicted octanol–water partition coefficient (Wildman–Crippen LogP) is 3.54. The van der Waals surface area contributed by atoms with Crippen molar-refractivity contribution in [1.82, 2.24) is 4.90 Å². The number of hydrogen-bond donors (Lipinski definition) is 0. The molecule has 1 amide bonds. The van der Waals surface area contributed by atoms with Crippen molar-refractivity contribution in [2.45, 2.75) is 17.2 Å². The lowest BCUT2D eigenvalue weighted by atomic mass is 10.00. The minimum Gasteiger partial charge on any atom is -0.484 e. The van der Waals surface area contributed by atoms with Gasteiger partial charge in [-0.15, -0.1) is 11.3 Å². The minimum atomic E-state index is -3.58. The van der Waals surface area contributed by atoms with Crippen LogP contribution in [0.1, 0.15) is 11.1 Å². The van der Waals surface area contributed by atoms with E-state index in [9.17, 15) is 13.2 Å². The van der Waals surface area contributed by atoms with Crippen molar-refractivity contribution in [1.29, 1.82) is 0 Å². The van der Waals surface area contributed by atoms with Crippen LogP contribution in [0.2, 0.25) is 0 Å². The van der Waals surface area contributed by atoms with E-state index in [0.717, 1.165) is 6.42 Å². The third kappa shape index (κ3) is 4.20. The molecule has 0 aliphatic carbocycles. The molecule has 0 unspecified atom stereocenters. The Bertz CT molecular complexity index is 1130. The van der Waals surface area contributed by atoms with Crippen molar-refractivity contribution < 1.29 is 17.9 Å². The maximum Gasteiger partial charge on any atom is 0.273 e. The lowest BCUT2D eigenvalue weighted by molar-refractivity contribution is -0.134. The minimum absolute atomic E-state index is 0.0507. The van der Waals surface area contributed by atoms with Gasteiger partial charge in [-0.1, -0.05) is 30.3 Å².